The molecule has 1 aromatic carbocycles. The fraction of sp³-hybridized carbons (Fsp3) is 0.632. The molecule has 2 nitrogen and oxygen atoms in total. The van der Waals surface area contributed by atoms with Crippen LogP contribution in [0.3, 0.4) is 0 Å². The van der Waals surface area contributed by atoms with Gasteiger partial charge in [0.2, 0.25) is 5.91 Å². The average molecular weight is 289 g/mol. The summed E-state index contributed by atoms with van der Waals surface area (Å²) in [7, 11) is 0. The number of aryl methyl sites for hydroxylation is 2. The number of carbonyl (C=O) groups is 1. The van der Waals surface area contributed by atoms with Crippen LogP contribution in [-0.4, -0.2) is 11.9 Å². The number of anilines is 1. The summed E-state index contributed by atoms with van der Waals surface area (Å²) in [5.74, 6) is 0.252. The highest BCUT2D eigenvalue weighted by atomic mass is 16.2. The lowest BCUT2D eigenvalue weighted by atomic mass is 10.0. The molecule has 0 aliphatic rings. The van der Waals surface area contributed by atoms with E-state index < -0.39 is 0 Å². The summed E-state index contributed by atoms with van der Waals surface area (Å²) in [5, 5.41) is 0. The smallest absolute Gasteiger partial charge is 0.229 e. The van der Waals surface area contributed by atoms with Gasteiger partial charge in [-0.15, -0.1) is 0 Å². The second-order valence-corrected chi connectivity index (χ2v) is 6.48. The third-order valence-corrected chi connectivity index (χ3v) is 4.17. The van der Waals surface area contributed by atoms with Gasteiger partial charge >= 0.3 is 0 Å². The second kappa shape index (κ2) is 8.21. The van der Waals surface area contributed by atoms with E-state index in [-0.39, 0.29) is 17.9 Å². The molecule has 2 heteroatoms. The lowest BCUT2D eigenvalue weighted by Gasteiger charge is -2.31. The van der Waals surface area contributed by atoms with Crippen LogP contribution in [0.4, 0.5) is 5.69 Å². The number of amides is 1. The van der Waals surface area contributed by atoms with Crippen molar-refractivity contribution < 1.29 is 4.79 Å². The molecule has 21 heavy (non-hydrogen) atoms. The normalized spacial score (nSPS) is 12.5. The van der Waals surface area contributed by atoms with Crippen molar-refractivity contribution in [3.8, 4) is 0 Å². The molecular weight excluding hydrogens is 258 g/mol. The molecule has 1 unspecified atom stereocenters. The largest absolute Gasteiger partial charge is 0.309 e. The molecule has 0 N–H and O–H groups in total. The van der Waals surface area contributed by atoms with Crippen LogP contribution >= 0.6 is 0 Å². The first-order valence-corrected chi connectivity index (χ1v) is 8.28. The Balaban J connectivity index is 3.01. The van der Waals surface area contributed by atoms with Crippen molar-refractivity contribution >= 4 is 11.6 Å². The first-order chi connectivity index (χ1) is 9.88. The molecular formula is C19H31NO. The maximum absolute atomic E-state index is 12.6. The van der Waals surface area contributed by atoms with Crippen molar-refractivity contribution in [3.05, 3.63) is 29.3 Å². The summed E-state index contributed by atoms with van der Waals surface area (Å²) in [5.41, 5.74) is 3.56. The molecule has 1 amide bonds. The number of nitrogens with zero attached hydrogens (tertiary/aromatic N) is 1. The van der Waals surface area contributed by atoms with E-state index >= 15 is 0 Å². The molecule has 0 bridgehead atoms. The molecule has 0 saturated heterocycles. The molecule has 0 heterocycles. The van der Waals surface area contributed by atoms with Crippen LogP contribution in [-0.2, 0) is 4.79 Å². The van der Waals surface area contributed by atoms with Crippen molar-refractivity contribution in [1.29, 1.82) is 0 Å². The van der Waals surface area contributed by atoms with Crippen molar-refractivity contribution in [2.75, 3.05) is 4.90 Å². The van der Waals surface area contributed by atoms with E-state index in [1.165, 1.54) is 30.4 Å². The summed E-state index contributed by atoms with van der Waals surface area (Å²) < 4.78 is 0. The minimum absolute atomic E-state index is 0.0280. The average Bonchev–Trinajstić information content (AvgIpc) is 2.43. The van der Waals surface area contributed by atoms with Crippen molar-refractivity contribution in [2.24, 2.45) is 5.92 Å². The zero-order chi connectivity index (χ0) is 16.0. The van der Waals surface area contributed by atoms with Gasteiger partial charge < -0.3 is 4.90 Å². The van der Waals surface area contributed by atoms with Gasteiger partial charge in [-0.25, -0.2) is 0 Å². The third-order valence-electron chi connectivity index (χ3n) is 4.17. The number of carbonyl (C=O) groups excluding carboxylic acids is 1. The Labute approximate surface area is 130 Å². The Morgan fingerprint density at radius 1 is 1.10 bits per heavy atom. The Morgan fingerprint density at radius 2 is 1.76 bits per heavy atom. The number of hydrogen-bond acceptors (Lipinski definition) is 1. The molecule has 0 aromatic heterocycles. The summed E-state index contributed by atoms with van der Waals surface area (Å²) in [6, 6.07) is 6.60. The number of rotatable bonds is 7. The van der Waals surface area contributed by atoms with E-state index in [1.807, 2.05) is 18.7 Å². The predicted octanol–water partition coefficient (Wildman–Crippen LogP) is 5.26. The van der Waals surface area contributed by atoms with Crippen LogP contribution in [0, 0.1) is 19.8 Å². The topological polar surface area (TPSA) is 20.3 Å². The van der Waals surface area contributed by atoms with E-state index in [1.54, 1.807) is 0 Å². The SMILES string of the molecule is CCCCCC(C)N(C(=O)C(C)C)c1ccc(C)c(C)c1. The summed E-state index contributed by atoms with van der Waals surface area (Å²) in [6.07, 6.45) is 4.71. The second-order valence-electron chi connectivity index (χ2n) is 6.48. The fourth-order valence-corrected chi connectivity index (χ4v) is 2.57. The Hall–Kier alpha value is -1.31. The van der Waals surface area contributed by atoms with Crippen molar-refractivity contribution in [2.45, 2.75) is 73.3 Å². The van der Waals surface area contributed by atoms with Gasteiger partial charge in [-0.05, 0) is 50.5 Å². The van der Waals surface area contributed by atoms with Crippen LogP contribution in [0.5, 0.6) is 0 Å². The summed E-state index contributed by atoms with van der Waals surface area (Å²) in [4.78, 5) is 14.6. The quantitative estimate of drug-likeness (QED) is 0.627. The molecule has 0 aliphatic carbocycles. The van der Waals surface area contributed by atoms with Crippen LogP contribution in [0.25, 0.3) is 0 Å². The lowest BCUT2D eigenvalue weighted by molar-refractivity contribution is -0.121. The van der Waals surface area contributed by atoms with Crippen molar-refractivity contribution in [3.63, 3.8) is 0 Å². The minimum atomic E-state index is 0.0280. The van der Waals surface area contributed by atoms with E-state index in [0.29, 0.717) is 0 Å². The number of hydrogen-bond donors (Lipinski definition) is 0. The van der Waals surface area contributed by atoms with Gasteiger partial charge in [0.1, 0.15) is 0 Å². The number of unbranched alkanes of at least 4 members (excludes halogenated alkanes) is 2. The van der Waals surface area contributed by atoms with Crippen LogP contribution in [0.1, 0.15) is 64.5 Å². The van der Waals surface area contributed by atoms with Crippen LogP contribution in [0.15, 0.2) is 18.2 Å². The Bertz CT molecular complexity index is 465. The van der Waals surface area contributed by atoms with Gasteiger partial charge in [-0.2, -0.15) is 0 Å². The summed E-state index contributed by atoms with van der Waals surface area (Å²) in [6.45, 7) is 12.6. The standard InChI is InChI=1S/C19H31NO/c1-7-8-9-10-17(6)20(19(21)14(2)3)18-12-11-15(4)16(5)13-18/h11-14,17H,7-10H2,1-6H3. The summed E-state index contributed by atoms with van der Waals surface area (Å²) >= 11 is 0. The maximum atomic E-state index is 12.6. The lowest BCUT2D eigenvalue weighted by Crippen LogP contribution is -2.41. The van der Waals surface area contributed by atoms with Gasteiger partial charge in [-0.3, -0.25) is 4.79 Å². The highest BCUT2D eigenvalue weighted by Crippen LogP contribution is 2.25. The molecule has 1 aromatic rings. The predicted molar refractivity (Wildman–Crippen MR) is 91.8 cm³/mol. The highest BCUT2D eigenvalue weighted by Gasteiger charge is 2.24. The molecule has 1 rings (SSSR count). The van der Waals surface area contributed by atoms with Gasteiger partial charge in [-0.1, -0.05) is 46.1 Å². The van der Waals surface area contributed by atoms with Gasteiger partial charge in [0.15, 0.2) is 0 Å². The third kappa shape index (κ3) is 4.87. The van der Waals surface area contributed by atoms with Crippen LogP contribution < -0.4 is 4.90 Å². The fourth-order valence-electron chi connectivity index (χ4n) is 2.57. The first kappa shape index (κ1) is 17.7. The molecule has 118 valence electrons. The highest BCUT2D eigenvalue weighted by molar-refractivity contribution is 5.95. The molecule has 0 radical (unpaired) electrons. The Morgan fingerprint density at radius 3 is 2.29 bits per heavy atom. The van der Waals surface area contributed by atoms with E-state index in [2.05, 4.69) is 45.9 Å². The number of benzene rings is 1. The first-order valence-electron chi connectivity index (χ1n) is 8.28. The minimum Gasteiger partial charge on any atom is -0.309 e. The zero-order valence-corrected chi connectivity index (χ0v) is 14.6. The molecule has 0 saturated carbocycles. The molecule has 0 spiro atoms. The Kier molecular flexibility index (Phi) is 6.94. The van der Waals surface area contributed by atoms with Crippen molar-refractivity contribution in [1.82, 2.24) is 0 Å². The molecule has 1 atom stereocenters. The zero-order valence-electron chi connectivity index (χ0n) is 14.6. The van der Waals surface area contributed by atoms with Crippen LogP contribution in [0.2, 0.25) is 0 Å². The van der Waals surface area contributed by atoms with Gasteiger partial charge in [0.25, 0.3) is 0 Å². The van der Waals surface area contributed by atoms with Gasteiger partial charge in [0.05, 0.1) is 0 Å². The van der Waals surface area contributed by atoms with Gasteiger partial charge in [0, 0.05) is 17.6 Å². The maximum Gasteiger partial charge on any atom is 0.229 e. The molecule has 0 aliphatic heterocycles. The van der Waals surface area contributed by atoms with E-state index in [9.17, 15) is 4.79 Å². The molecule has 0 fully saturated rings. The van der Waals surface area contributed by atoms with E-state index in [4.69, 9.17) is 0 Å². The monoisotopic (exact) mass is 289 g/mol. The van der Waals surface area contributed by atoms with E-state index in [0.717, 1.165) is 12.1 Å².